The maximum atomic E-state index is 5.29. The van der Waals surface area contributed by atoms with Gasteiger partial charge in [0.05, 0.1) is 0 Å². The van der Waals surface area contributed by atoms with Gasteiger partial charge in [-0.1, -0.05) is 30.3 Å². The van der Waals surface area contributed by atoms with Crippen molar-refractivity contribution < 1.29 is 9.26 Å². The predicted molar refractivity (Wildman–Crippen MR) is 74.1 cm³/mol. The van der Waals surface area contributed by atoms with Gasteiger partial charge in [-0.15, -0.1) is 0 Å². The number of hydrogen-bond donors (Lipinski definition) is 1. The maximum absolute atomic E-state index is 5.29. The lowest BCUT2D eigenvalue weighted by atomic mass is 10.0. The predicted octanol–water partition coefficient (Wildman–Crippen LogP) is 2.81. The quantitative estimate of drug-likeness (QED) is 0.796. The van der Waals surface area contributed by atoms with Crippen LogP contribution in [0.1, 0.15) is 12.5 Å². The monoisotopic (exact) mass is 256 g/mol. The Balaban J connectivity index is 0.000000267. The molecule has 0 aliphatic carbocycles. The molecule has 3 radical (unpaired) electrons. The first kappa shape index (κ1) is 12.7. The van der Waals surface area contributed by atoms with Crippen LogP contribution in [0.15, 0.2) is 42.6 Å². The molecule has 2 aromatic carbocycles. The Morgan fingerprint density at radius 3 is 2.78 bits per heavy atom. The number of nitrogens with one attached hydrogen (secondary N) is 1. The van der Waals surface area contributed by atoms with E-state index in [1.165, 1.54) is 10.8 Å². The highest BCUT2D eigenvalue weighted by Crippen LogP contribution is 2.30. The lowest BCUT2D eigenvalue weighted by Gasteiger charge is -2.14. The van der Waals surface area contributed by atoms with Crippen LogP contribution < -0.4 is 10.3 Å². The smallest absolute Gasteiger partial charge is 0.246 e. The van der Waals surface area contributed by atoms with Crippen LogP contribution in [0.5, 0.6) is 5.75 Å². The largest absolute Gasteiger partial charge is 0.419 e. The third kappa shape index (κ3) is 2.72. The van der Waals surface area contributed by atoms with Crippen LogP contribution >= 0.6 is 0 Å². The molecule has 0 bridgehead atoms. The summed E-state index contributed by atoms with van der Waals surface area (Å²) in [4.78, 5) is 5.29. The topological polar surface area (TPSA) is 30.5 Å². The van der Waals surface area contributed by atoms with E-state index in [4.69, 9.17) is 4.84 Å². The van der Waals surface area contributed by atoms with E-state index in [1.807, 2.05) is 31.2 Å². The zero-order valence-electron chi connectivity index (χ0n) is 10.1. The van der Waals surface area contributed by atoms with E-state index in [2.05, 4.69) is 38.6 Å². The van der Waals surface area contributed by atoms with Gasteiger partial charge in [0.15, 0.2) is 5.75 Å². The first-order valence-electron chi connectivity index (χ1n) is 5.76. The molecule has 1 heterocycles. The van der Waals surface area contributed by atoms with Crippen LogP contribution in [0.3, 0.4) is 0 Å². The maximum Gasteiger partial charge on any atom is 0.246 e. The van der Waals surface area contributed by atoms with Gasteiger partial charge in [-0.3, -0.25) is 0 Å². The van der Waals surface area contributed by atoms with Gasteiger partial charge < -0.3 is 9.26 Å². The summed E-state index contributed by atoms with van der Waals surface area (Å²) in [5.41, 5.74) is 3.87. The Bertz CT molecular complexity index is 552. The van der Waals surface area contributed by atoms with Crippen molar-refractivity contribution in [3.05, 3.63) is 48.2 Å². The zero-order valence-corrected chi connectivity index (χ0v) is 11.1. The van der Waals surface area contributed by atoms with Gasteiger partial charge in [0.25, 0.3) is 0 Å². The molecular formula is C14H14NO2Si. The number of fused-ring (bicyclic) bond motifs is 3. The second-order valence-corrected chi connectivity index (χ2v) is 3.97. The number of benzene rings is 2. The van der Waals surface area contributed by atoms with Gasteiger partial charge in [0.1, 0.15) is 0 Å². The molecule has 0 spiro atoms. The molecule has 1 aliphatic heterocycles. The third-order valence-corrected chi connectivity index (χ3v) is 2.85. The fraction of sp³-hybridized carbons (Fsp3) is 0.143. The Hall–Kier alpha value is -1.78. The van der Waals surface area contributed by atoms with Crippen molar-refractivity contribution in [2.24, 2.45) is 0 Å². The summed E-state index contributed by atoms with van der Waals surface area (Å²) in [7, 11) is 2.79. The molecule has 2 aromatic rings. The van der Waals surface area contributed by atoms with Crippen molar-refractivity contribution in [2.45, 2.75) is 6.92 Å². The summed E-state index contributed by atoms with van der Waals surface area (Å²) in [6.07, 6.45) is 3.83. The third-order valence-electron chi connectivity index (χ3n) is 2.56. The van der Waals surface area contributed by atoms with Crippen molar-refractivity contribution in [3.8, 4) is 5.75 Å². The fourth-order valence-corrected chi connectivity index (χ4v) is 1.75. The van der Waals surface area contributed by atoms with E-state index in [-0.39, 0.29) is 0 Å². The van der Waals surface area contributed by atoms with Gasteiger partial charge in [-0.25, -0.2) is 5.48 Å². The summed E-state index contributed by atoms with van der Waals surface area (Å²) in [5, 5.41) is 2.46. The number of hydrogen-bond acceptors (Lipinski definition) is 3. The molecule has 3 nitrogen and oxygen atoms in total. The minimum atomic E-state index is 0.733. The minimum absolute atomic E-state index is 0.733. The normalized spacial score (nSPS) is 11.9. The lowest BCUT2D eigenvalue weighted by Crippen LogP contribution is -2.14. The summed E-state index contributed by atoms with van der Waals surface area (Å²) >= 11 is 0. The summed E-state index contributed by atoms with van der Waals surface area (Å²) in [6, 6.07) is 12.3. The van der Waals surface area contributed by atoms with Crippen molar-refractivity contribution in [3.63, 3.8) is 0 Å². The lowest BCUT2D eigenvalue weighted by molar-refractivity contribution is 0.239. The van der Waals surface area contributed by atoms with Crippen molar-refractivity contribution in [1.29, 1.82) is 0 Å². The molecule has 18 heavy (non-hydrogen) atoms. The van der Waals surface area contributed by atoms with Crippen LogP contribution in [0, 0.1) is 0 Å². The molecule has 0 aromatic heterocycles. The van der Waals surface area contributed by atoms with Gasteiger partial charge in [0, 0.05) is 18.4 Å². The summed E-state index contributed by atoms with van der Waals surface area (Å²) < 4.78 is 4.35. The highest BCUT2D eigenvalue weighted by molar-refractivity contribution is 5.97. The molecule has 1 N–H and O–H groups in total. The Kier molecular flexibility index (Phi) is 4.39. The van der Waals surface area contributed by atoms with Crippen LogP contribution in [-0.4, -0.2) is 17.1 Å². The summed E-state index contributed by atoms with van der Waals surface area (Å²) in [5.74, 6) is 0.881. The molecule has 0 fully saturated rings. The van der Waals surface area contributed by atoms with Crippen molar-refractivity contribution >= 4 is 27.3 Å². The molecule has 4 heteroatoms. The molecule has 0 saturated carbocycles. The Labute approximate surface area is 110 Å². The molecule has 0 unspecified atom stereocenters. The van der Waals surface area contributed by atoms with Crippen molar-refractivity contribution in [2.75, 3.05) is 6.61 Å². The molecule has 0 saturated heterocycles. The first-order chi connectivity index (χ1) is 8.86. The highest BCUT2D eigenvalue weighted by atomic mass is 28.2. The van der Waals surface area contributed by atoms with E-state index < -0.39 is 0 Å². The molecule has 1 aliphatic rings. The van der Waals surface area contributed by atoms with E-state index in [9.17, 15) is 0 Å². The van der Waals surface area contributed by atoms with Gasteiger partial charge in [-0.2, -0.15) is 0 Å². The molecule has 0 atom stereocenters. The van der Waals surface area contributed by atoms with E-state index in [0.717, 1.165) is 17.9 Å². The fourth-order valence-electron chi connectivity index (χ4n) is 1.75. The van der Waals surface area contributed by atoms with Gasteiger partial charge >= 0.3 is 0 Å². The van der Waals surface area contributed by atoms with Gasteiger partial charge in [-0.05, 0) is 29.8 Å². The molecular weight excluding hydrogens is 242 g/mol. The molecule has 0 amide bonds. The molecule has 3 rings (SSSR count). The van der Waals surface area contributed by atoms with Crippen LogP contribution in [-0.2, 0) is 4.43 Å². The zero-order chi connectivity index (χ0) is 12.8. The van der Waals surface area contributed by atoms with E-state index >= 15 is 0 Å². The average Bonchev–Trinajstić information content (AvgIpc) is 2.47. The standard InChI is InChI=1S/C12H9NO.C2H5OSi/c1-2-4-10-9(3-1)5-6-12-11(10)7-8-13-14-12;1-2-3-4/h1-8,13H;2H2,1H3. The second-order valence-electron chi connectivity index (χ2n) is 3.68. The van der Waals surface area contributed by atoms with E-state index in [1.54, 1.807) is 6.20 Å². The van der Waals surface area contributed by atoms with Gasteiger partial charge in [0.2, 0.25) is 10.5 Å². The first-order valence-corrected chi connectivity index (χ1v) is 6.17. The van der Waals surface area contributed by atoms with Crippen LogP contribution in [0.4, 0.5) is 0 Å². The van der Waals surface area contributed by atoms with E-state index in [0.29, 0.717) is 0 Å². The number of rotatable bonds is 1. The van der Waals surface area contributed by atoms with Crippen LogP contribution in [0.25, 0.3) is 16.8 Å². The Morgan fingerprint density at radius 2 is 2.00 bits per heavy atom. The highest BCUT2D eigenvalue weighted by Gasteiger charge is 2.08. The molecule has 91 valence electrons. The SMILES string of the molecule is C1=Cc2c(ccc3ccccc23)ON1.CCO[Si]. The Morgan fingerprint density at radius 1 is 1.22 bits per heavy atom. The average molecular weight is 256 g/mol. The van der Waals surface area contributed by atoms with Crippen molar-refractivity contribution in [1.82, 2.24) is 5.48 Å². The van der Waals surface area contributed by atoms with Crippen LogP contribution in [0.2, 0.25) is 0 Å². The second kappa shape index (κ2) is 6.23. The number of hydroxylamine groups is 1. The minimum Gasteiger partial charge on any atom is -0.419 e. The summed E-state index contributed by atoms with van der Waals surface area (Å²) in [6.45, 7) is 2.64.